The Kier molecular flexibility index (Phi) is 6.11. The van der Waals surface area contributed by atoms with Gasteiger partial charge in [-0.25, -0.2) is 4.79 Å². The van der Waals surface area contributed by atoms with E-state index in [4.69, 9.17) is 19.3 Å². The lowest BCUT2D eigenvalue weighted by Gasteiger charge is -2.16. The van der Waals surface area contributed by atoms with Crippen molar-refractivity contribution in [2.24, 2.45) is 0 Å². The van der Waals surface area contributed by atoms with Crippen LogP contribution in [-0.2, 0) is 0 Å². The van der Waals surface area contributed by atoms with Gasteiger partial charge in [-0.05, 0) is 29.8 Å². The lowest BCUT2D eigenvalue weighted by atomic mass is 10.0. The zero-order chi connectivity index (χ0) is 20.3. The highest BCUT2D eigenvalue weighted by Gasteiger charge is 2.32. The SMILES string of the molecule is COc1cc(C(=O)C2CSC(c3ccc(C(=O)O)cc3)N2)cc(OC)c1OC. The molecule has 0 radical (unpaired) electrons. The van der Waals surface area contributed by atoms with Crippen LogP contribution in [0.25, 0.3) is 0 Å². The number of Topliss-reactive ketones (excluding diaryl/α,β-unsaturated/α-hetero) is 1. The van der Waals surface area contributed by atoms with Crippen LogP contribution in [0.15, 0.2) is 36.4 Å². The molecule has 2 N–H and O–H groups in total. The van der Waals surface area contributed by atoms with Crippen molar-refractivity contribution in [3.63, 3.8) is 0 Å². The summed E-state index contributed by atoms with van der Waals surface area (Å²) in [6.45, 7) is 0. The number of methoxy groups -OCH3 is 3. The first-order valence-electron chi connectivity index (χ1n) is 8.53. The van der Waals surface area contributed by atoms with Crippen LogP contribution in [0.2, 0.25) is 0 Å². The molecule has 28 heavy (non-hydrogen) atoms. The fraction of sp³-hybridized carbons (Fsp3) is 0.300. The molecule has 1 aliphatic heterocycles. The van der Waals surface area contributed by atoms with Crippen molar-refractivity contribution in [2.45, 2.75) is 11.4 Å². The number of carbonyl (C=O) groups excluding carboxylic acids is 1. The van der Waals surface area contributed by atoms with Crippen molar-refractivity contribution in [1.29, 1.82) is 0 Å². The summed E-state index contributed by atoms with van der Waals surface area (Å²) in [5, 5.41) is 12.2. The Labute approximate surface area is 167 Å². The molecule has 8 heteroatoms. The molecular formula is C20H21NO6S. The van der Waals surface area contributed by atoms with Crippen LogP contribution in [-0.4, -0.2) is 50.0 Å². The maximum Gasteiger partial charge on any atom is 0.335 e. The number of carboxylic acids is 1. The zero-order valence-corrected chi connectivity index (χ0v) is 16.5. The number of nitrogens with one attached hydrogen (secondary N) is 1. The highest BCUT2D eigenvalue weighted by Crippen LogP contribution is 2.39. The molecule has 0 aromatic heterocycles. The molecule has 2 atom stereocenters. The van der Waals surface area contributed by atoms with Gasteiger partial charge in [-0.2, -0.15) is 0 Å². The third-order valence-electron chi connectivity index (χ3n) is 4.51. The average Bonchev–Trinajstić information content (AvgIpc) is 3.22. The smallest absolute Gasteiger partial charge is 0.335 e. The van der Waals surface area contributed by atoms with E-state index in [1.165, 1.54) is 21.3 Å². The average molecular weight is 403 g/mol. The number of ether oxygens (including phenoxy) is 3. The van der Waals surface area contributed by atoms with Crippen LogP contribution >= 0.6 is 11.8 Å². The third kappa shape index (κ3) is 3.93. The Morgan fingerprint density at radius 2 is 1.61 bits per heavy atom. The lowest BCUT2D eigenvalue weighted by molar-refractivity contribution is 0.0696. The summed E-state index contributed by atoms with van der Waals surface area (Å²) in [4.78, 5) is 24.0. The van der Waals surface area contributed by atoms with Crippen molar-refractivity contribution in [1.82, 2.24) is 5.32 Å². The second-order valence-electron chi connectivity index (χ2n) is 6.14. The molecule has 1 saturated heterocycles. The molecule has 1 fully saturated rings. The largest absolute Gasteiger partial charge is 0.493 e. The minimum atomic E-state index is -0.964. The zero-order valence-electron chi connectivity index (χ0n) is 15.7. The monoisotopic (exact) mass is 403 g/mol. The van der Waals surface area contributed by atoms with Gasteiger partial charge in [-0.15, -0.1) is 11.8 Å². The maximum atomic E-state index is 13.0. The van der Waals surface area contributed by atoms with Crippen LogP contribution in [0.1, 0.15) is 31.7 Å². The van der Waals surface area contributed by atoms with E-state index in [1.54, 1.807) is 48.2 Å². The van der Waals surface area contributed by atoms with E-state index in [0.29, 0.717) is 28.6 Å². The molecule has 1 aliphatic rings. The van der Waals surface area contributed by atoms with Crippen LogP contribution in [0.5, 0.6) is 17.2 Å². The number of carbonyl (C=O) groups is 2. The summed E-state index contributed by atoms with van der Waals surface area (Å²) in [5.74, 6) is 0.853. The number of hydrogen-bond donors (Lipinski definition) is 2. The Bertz CT molecular complexity index is 858. The molecule has 148 valence electrons. The van der Waals surface area contributed by atoms with Gasteiger partial charge in [-0.1, -0.05) is 12.1 Å². The number of ketones is 1. The van der Waals surface area contributed by atoms with Gasteiger partial charge in [0.2, 0.25) is 5.75 Å². The van der Waals surface area contributed by atoms with Gasteiger partial charge in [0.15, 0.2) is 17.3 Å². The van der Waals surface area contributed by atoms with Crippen LogP contribution < -0.4 is 19.5 Å². The van der Waals surface area contributed by atoms with Crippen molar-refractivity contribution in [2.75, 3.05) is 27.1 Å². The lowest BCUT2D eigenvalue weighted by Crippen LogP contribution is -2.34. The number of aromatic carboxylic acids is 1. The summed E-state index contributed by atoms with van der Waals surface area (Å²) in [6, 6.07) is 9.57. The van der Waals surface area contributed by atoms with E-state index in [-0.39, 0.29) is 22.8 Å². The van der Waals surface area contributed by atoms with E-state index >= 15 is 0 Å². The first-order valence-corrected chi connectivity index (χ1v) is 9.58. The van der Waals surface area contributed by atoms with Crippen LogP contribution in [0.3, 0.4) is 0 Å². The Morgan fingerprint density at radius 3 is 2.11 bits per heavy atom. The topological polar surface area (TPSA) is 94.1 Å². The van der Waals surface area contributed by atoms with E-state index < -0.39 is 5.97 Å². The molecule has 2 aromatic carbocycles. The summed E-state index contributed by atoms with van der Waals surface area (Å²) < 4.78 is 15.9. The quantitative estimate of drug-likeness (QED) is 0.682. The normalized spacial score (nSPS) is 18.5. The van der Waals surface area contributed by atoms with Crippen molar-refractivity contribution in [3.8, 4) is 17.2 Å². The number of hydrogen-bond acceptors (Lipinski definition) is 7. The Hall–Kier alpha value is -2.71. The summed E-state index contributed by atoms with van der Waals surface area (Å²) in [5.41, 5.74) is 1.63. The molecule has 7 nitrogen and oxygen atoms in total. The fourth-order valence-corrected chi connectivity index (χ4v) is 4.28. The molecule has 0 saturated carbocycles. The summed E-state index contributed by atoms with van der Waals surface area (Å²) >= 11 is 1.60. The van der Waals surface area contributed by atoms with E-state index in [2.05, 4.69) is 5.32 Å². The van der Waals surface area contributed by atoms with Crippen molar-refractivity contribution >= 4 is 23.5 Å². The van der Waals surface area contributed by atoms with Gasteiger partial charge < -0.3 is 19.3 Å². The summed E-state index contributed by atoms with van der Waals surface area (Å²) in [6.07, 6.45) is 0. The Morgan fingerprint density at radius 1 is 1.00 bits per heavy atom. The first kappa shape index (κ1) is 20.0. The standard InChI is InChI=1S/C20H21NO6S/c1-25-15-8-13(9-16(26-2)18(15)27-3)17(22)14-10-28-19(21-14)11-4-6-12(7-5-11)20(23)24/h4-9,14,19,21H,10H2,1-3H3,(H,23,24). The van der Waals surface area contributed by atoms with E-state index in [9.17, 15) is 9.59 Å². The highest BCUT2D eigenvalue weighted by molar-refractivity contribution is 7.99. The Balaban J connectivity index is 1.78. The number of rotatable bonds is 7. The molecule has 1 heterocycles. The third-order valence-corrected chi connectivity index (χ3v) is 5.78. The molecule has 3 rings (SSSR count). The van der Waals surface area contributed by atoms with E-state index in [1.807, 2.05) is 0 Å². The minimum absolute atomic E-state index is 0.0728. The van der Waals surface area contributed by atoms with E-state index in [0.717, 1.165) is 5.56 Å². The van der Waals surface area contributed by atoms with Gasteiger partial charge in [0.05, 0.1) is 38.3 Å². The van der Waals surface area contributed by atoms with Gasteiger partial charge in [0, 0.05) is 11.3 Å². The second kappa shape index (κ2) is 8.53. The van der Waals surface area contributed by atoms with Gasteiger partial charge in [0.25, 0.3) is 0 Å². The fourth-order valence-electron chi connectivity index (χ4n) is 3.04. The highest BCUT2D eigenvalue weighted by atomic mass is 32.2. The van der Waals surface area contributed by atoms with Crippen molar-refractivity contribution < 1.29 is 28.9 Å². The predicted octanol–water partition coefficient (Wildman–Crippen LogP) is 3.00. The molecule has 0 bridgehead atoms. The van der Waals surface area contributed by atoms with Gasteiger partial charge in [-0.3, -0.25) is 10.1 Å². The number of benzene rings is 2. The minimum Gasteiger partial charge on any atom is -0.493 e. The molecular weight excluding hydrogens is 382 g/mol. The molecule has 0 spiro atoms. The second-order valence-corrected chi connectivity index (χ2v) is 7.28. The van der Waals surface area contributed by atoms with Crippen LogP contribution in [0.4, 0.5) is 0 Å². The molecule has 2 unspecified atom stereocenters. The van der Waals surface area contributed by atoms with Crippen LogP contribution in [0, 0.1) is 0 Å². The summed E-state index contributed by atoms with van der Waals surface area (Å²) in [7, 11) is 4.52. The van der Waals surface area contributed by atoms with Gasteiger partial charge in [0.1, 0.15) is 0 Å². The van der Waals surface area contributed by atoms with Crippen molar-refractivity contribution in [3.05, 3.63) is 53.1 Å². The molecule has 0 amide bonds. The predicted molar refractivity (Wildman–Crippen MR) is 106 cm³/mol. The van der Waals surface area contributed by atoms with Gasteiger partial charge >= 0.3 is 5.97 Å². The molecule has 0 aliphatic carbocycles. The number of carboxylic acid groups (broad SMARTS) is 1. The molecule has 2 aromatic rings. The number of thioether (sulfide) groups is 1. The first-order chi connectivity index (χ1) is 13.5. The maximum absolute atomic E-state index is 13.0.